The summed E-state index contributed by atoms with van der Waals surface area (Å²) in [5.74, 6) is 1.29. The van der Waals surface area contributed by atoms with Crippen LogP contribution in [0, 0.1) is 0 Å². The zero-order valence-electron chi connectivity index (χ0n) is 15.7. The van der Waals surface area contributed by atoms with E-state index in [1.165, 1.54) is 6.07 Å². The Bertz CT molecular complexity index is 1040. The lowest BCUT2D eigenvalue weighted by Crippen LogP contribution is -2.50. The van der Waals surface area contributed by atoms with Gasteiger partial charge in [0.25, 0.3) is 11.5 Å². The van der Waals surface area contributed by atoms with Crippen LogP contribution in [0.15, 0.2) is 59.5 Å². The van der Waals surface area contributed by atoms with Gasteiger partial charge < -0.3 is 19.1 Å². The Morgan fingerprint density at radius 1 is 1.07 bits per heavy atom. The maximum atomic E-state index is 12.6. The summed E-state index contributed by atoms with van der Waals surface area (Å²) in [6, 6.07) is 14.8. The van der Waals surface area contributed by atoms with E-state index in [4.69, 9.17) is 4.74 Å². The fourth-order valence-electron chi connectivity index (χ4n) is 3.46. The number of hydrogen-bond donors (Lipinski definition) is 0. The summed E-state index contributed by atoms with van der Waals surface area (Å²) in [4.78, 5) is 33.1. The van der Waals surface area contributed by atoms with Gasteiger partial charge in [-0.2, -0.15) is 0 Å². The van der Waals surface area contributed by atoms with E-state index in [9.17, 15) is 9.59 Å². The average Bonchev–Trinajstić information content (AvgIpc) is 2.76. The minimum atomic E-state index is -0.162. The molecule has 0 saturated carbocycles. The molecule has 0 aliphatic carbocycles. The first-order valence-electron chi connectivity index (χ1n) is 9.29. The Kier molecular flexibility index (Phi) is 4.97. The molecule has 0 radical (unpaired) electrons. The molecule has 1 amide bonds. The molecule has 3 heterocycles. The van der Waals surface area contributed by atoms with Gasteiger partial charge in [0, 0.05) is 50.9 Å². The SMILES string of the molecule is Cn1c(=O)cc(OCC(=O)N2CCN(c3ccccn3)CC2)c2ccccc21. The Morgan fingerprint density at radius 3 is 2.57 bits per heavy atom. The van der Waals surface area contributed by atoms with Gasteiger partial charge in [-0.25, -0.2) is 4.98 Å². The van der Waals surface area contributed by atoms with Crippen LogP contribution in [0.5, 0.6) is 5.75 Å². The van der Waals surface area contributed by atoms with Gasteiger partial charge in [0.2, 0.25) is 0 Å². The molecule has 0 spiro atoms. The van der Waals surface area contributed by atoms with E-state index in [1.807, 2.05) is 42.5 Å². The van der Waals surface area contributed by atoms with Crippen LogP contribution >= 0.6 is 0 Å². The number of anilines is 1. The molecule has 0 unspecified atom stereocenters. The van der Waals surface area contributed by atoms with Crippen molar-refractivity contribution in [3.8, 4) is 5.75 Å². The molecule has 0 bridgehead atoms. The molecule has 0 N–H and O–H groups in total. The van der Waals surface area contributed by atoms with Crippen LogP contribution in [0.25, 0.3) is 10.9 Å². The van der Waals surface area contributed by atoms with Crippen molar-refractivity contribution in [3.05, 3.63) is 65.1 Å². The van der Waals surface area contributed by atoms with Crippen LogP contribution in [0.4, 0.5) is 5.82 Å². The van der Waals surface area contributed by atoms with Crippen molar-refractivity contribution in [2.45, 2.75) is 0 Å². The summed E-state index contributed by atoms with van der Waals surface area (Å²) in [5, 5.41) is 0.817. The number of benzene rings is 1. The van der Waals surface area contributed by atoms with E-state index < -0.39 is 0 Å². The summed E-state index contributed by atoms with van der Waals surface area (Å²) in [7, 11) is 1.72. The number of carbonyl (C=O) groups excluding carboxylic acids is 1. The molecule has 1 fully saturated rings. The molecule has 7 heteroatoms. The Balaban J connectivity index is 1.40. The molecule has 0 atom stereocenters. The van der Waals surface area contributed by atoms with Crippen molar-refractivity contribution in [1.29, 1.82) is 0 Å². The second-order valence-electron chi connectivity index (χ2n) is 6.77. The number of piperazine rings is 1. The van der Waals surface area contributed by atoms with E-state index in [0.717, 1.165) is 29.8 Å². The Labute approximate surface area is 162 Å². The maximum Gasteiger partial charge on any atom is 0.260 e. The number of rotatable bonds is 4. The number of nitrogens with zero attached hydrogens (tertiary/aromatic N) is 4. The minimum Gasteiger partial charge on any atom is -0.483 e. The van der Waals surface area contributed by atoms with E-state index in [0.29, 0.717) is 18.8 Å². The zero-order valence-corrected chi connectivity index (χ0v) is 15.7. The number of fused-ring (bicyclic) bond motifs is 1. The van der Waals surface area contributed by atoms with E-state index in [2.05, 4.69) is 9.88 Å². The van der Waals surface area contributed by atoms with Crippen LogP contribution < -0.4 is 15.2 Å². The van der Waals surface area contributed by atoms with Crippen molar-refractivity contribution in [3.63, 3.8) is 0 Å². The molecular formula is C21H22N4O3. The van der Waals surface area contributed by atoms with Gasteiger partial charge in [0.05, 0.1) is 5.52 Å². The molecule has 1 aliphatic heterocycles. The molecule has 7 nitrogen and oxygen atoms in total. The number of pyridine rings is 2. The van der Waals surface area contributed by atoms with E-state index in [-0.39, 0.29) is 18.1 Å². The predicted octanol–water partition coefficient (Wildman–Crippen LogP) is 1.66. The van der Waals surface area contributed by atoms with Gasteiger partial charge in [-0.3, -0.25) is 9.59 Å². The number of carbonyl (C=O) groups is 1. The van der Waals surface area contributed by atoms with Crippen LogP contribution in [0.1, 0.15) is 0 Å². The second kappa shape index (κ2) is 7.72. The predicted molar refractivity (Wildman–Crippen MR) is 108 cm³/mol. The zero-order chi connectivity index (χ0) is 19.5. The van der Waals surface area contributed by atoms with Crippen molar-refractivity contribution >= 4 is 22.6 Å². The highest BCUT2D eigenvalue weighted by Crippen LogP contribution is 2.23. The van der Waals surface area contributed by atoms with Gasteiger partial charge in [-0.1, -0.05) is 18.2 Å². The highest BCUT2D eigenvalue weighted by Gasteiger charge is 2.22. The van der Waals surface area contributed by atoms with Crippen molar-refractivity contribution < 1.29 is 9.53 Å². The number of para-hydroxylation sites is 1. The molecule has 2 aromatic heterocycles. The first kappa shape index (κ1) is 18.0. The summed E-state index contributed by atoms with van der Waals surface area (Å²) in [6.45, 7) is 2.63. The first-order valence-corrected chi connectivity index (χ1v) is 9.29. The van der Waals surface area contributed by atoms with Gasteiger partial charge in [-0.05, 0) is 24.3 Å². The monoisotopic (exact) mass is 378 g/mol. The van der Waals surface area contributed by atoms with Gasteiger partial charge in [0.15, 0.2) is 6.61 Å². The van der Waals surface area contributed by atoms with Gasteiger partial charge >= 0.3 is 0 Å². The molecule has 1 aliphatic rings. The summed E-state index contributed by atoms with van der Waals surface area (Å²) >= 11 is 0. The topological polar surface area (TPSA) is 67.7 Å². The molecular weight excluding hydrogens is 356 g/mol. The highest BCUT2D eigenvalue weighted by atomic mass is 16.5. The lowest BCUT2D eigenvalue weighted by molar-refractivity contribution is -0.133. The maximum absolute atomic E-state index is 12.6. The highest BCUT2D eigenvalue weighted by molar-refractivity contribution is 5.86. The van der Waals surface area contributed by atoms with Crippen LogP contribution in [0.2, 0.25) is 0 Å². The molecule has 28 heavy (non-hydrogen) atoms. The van der Waals surface area contributed by atoms with Crippen LogP contribution in [0.3, 0.4) is 0 Å². The third-order valence-corrected chi connectivity index (χ3v) is 5.07. The Hall–Kier alpha value is -3.35. The number of aromatic nitrogens is 2. The summed E-state index contributed by atoms with van der Waals surface area (Å²) in [5.41, 5.74) is 0.617. The summed E-state index contributed by atoms with van der Waals surface area (Å²) in [6.07, 6.45) is 1.77. The third-order valence-electron chi connectivity index (χ3n) is 5.07. The Morgan fingerprint density at radius 2 is 1.82 bits per heavy atom. The van der Waals surface area contributed by atoms with Crippen LogP contribution in [-0.4, -0.2) is 53.1 Å². The van der Waals surface area contributed by atoms with Crippen molar-refractivity contribution in [1.82, 2.24) is 14.5 Å². The van der Waals surface area contributed by atoms with Gasteiger partial charge in [-0.15, -0.1) is 0 Å². The van der Waals surface area contributed by atoms with Crippen molar-refractivity contribution in [2.75, 3.05) is 37.7 Å². The minimum absolute atomic E-state index is 0.0783. The van der Waals surface area contributed by atoms with E-state index >= 15 is 0 Å². The average molecular weight is 378 g/mol. The molecule has 1 aromatic carbocycles. The lowest BCUT2D eigenvalue weighted by Gasteiger charge is -2.35. The second-order valence-corrected chi connectivity index (χ2v) is 6.77. The standard InChI is InChI=1S/C21H22N4O3/c1-23-17-7-3-2-6-16(17)18(14-20(23)26)28-15-21(27)25-12-10-24(11-13-25)19-8-4-5-9-22-19/h2-9,14H,10-13,15H2,1H3. The van der Waals surface area contributed by atoms with Gasteiger partial charge in [0.1, 0.15) is 11.6 Å². The molecule has 1 saturated heterocycles. The third kappa shape index (κ3) is 3.55. The molecule has 3 aromatic rings. The molecule has 144 valence electrons. The van der Waals surface area contributed by atoms with Crippen LogP contribution in [-0.2, 0) is 11.8 Å². The van der Waals surface area contributed by atoms with Crippen molar-refractivity contribution in [2.24, 2.45) is 7.05 Å². The number of hydrogen-bond acceptors (Lipinski definition) is 5. The first-order chi connectivity index (χ1) is 13.6. The normalized spacial score (nSPS) is 14.3. The smallest absolute Gasteiger partial charge is 0.260 e. The number of amides is 1. The lowest BCUT2D eigenvalue weighted by atomic mass is 10.2. The fraction of sp³-hybridized carbons (Fsp3) is 0.286. The van der Waals surface area contributed by atoms with E-state index in [1.54, 1.807) is 22.7 Å². The largest absolute Gasteiger partial charge is 0.483 e. The number of aryl methyl sites for hydroxylation is 1. The fourth-order valence-corrected chi connectivity index (χ4v) is 3.46. The summed E-state index contributed by atoms with van der Waals surface area (Å²) < 4.78 is 7.32. The number of ether oxygens (including phenoxy) is 1. The molecule has 4 rings (SSSR count). The quantitative estimate of drug-likeness (QED) is 0.691.